The fourth-order valence-electron chi connectivity index (χ4n) is 2.09. The minimum atomic E-state index is -1.10. The number of amides is 1. The number of nitrogens with zero attached hydrogens (tertiary/aromatic N) is 1. The third-order valence-electron chi connectivity index (χ3n) is 3.59. The van der Waals surface area contributed by atoms with Crippen LogP contribution in [0.4, 0.5) is 0 Å². The minimum Gasteiger partial charge on any atom is -0.478 e. The third kappa shape index (κ3) is 3.04. The van der Waals surface area contributed by atoms with Gasteiger partial charge in [-0.2, -0.15) is 0 Å². The molecule has 0 bridgehead atoms. The van der Waals surface area contributed by atoms with Gasteiger partial charge in [0, 0.05) is 24.1 Å². The fourth-order valence-corrected chi connectivity index (χ4v) is 2.91. The molecule has 2 N–H and O–H groups in total. The van der Waals surface area contributed by atoms with Crippen LogP contribution in [-0.2, 0) is 12.0 Å². The Morgan fingerprint density at radius 2 is 2.18 bits per heavy atom. The lowest BCUT2D eigenvalue weighted by Gasteiger charge is -2.26. The highest BCUT2D eigenvalue weighted by Gasteiger charge is 2.31. The molecule has 2 heterocycles. The number of furan rings is 1. The van der Waals surface area contributed by atoms with Gasteiger partial charge in [0.25, 0.3) is 5.91 Å². The highest BCUT2D eigenvalue weighted by Crippen LogP contribution is 2.27. The highest BCUT2D eigenvalue weighted by atomic mass is 32.1. The van der Waals surface area contributed by atoms with Crippen molar-refractivity contribution >= 4 is 23.2 Å². The summed E-state index contributed by atoms with van der Waals surface area (Å²) in [4.78, 5) is 27.8. The van der Waals surface area contributed by atoms with E-state index in [0.717, 1.165) is 5.01 Å². The second-order valence-electron chi connectivity index (χ2n) is 5.08. The molecule has 0 fully saturated rings. The second-order valence-corrected chi connectivity index (χ2v) is 5.98. The predicted octanol–water partition coefficient (Wildman–Crippen LogP) is 3.05. The van der Waals surface area contributed by atoms with Crippen LogP contribution in [0.3, 0.4) is 0 Å². The molecule has 0 spiro atoms. The van der Waals surface area contributed by atoms with E-state index < -0.39 is 17.4 Å². The molecule has 1 atom stereocenters. The molecule has 0 saturated heterocycles. The summed E-state index contributed by atoms with van der Waals surface area (Å²) in [7, 11) is 0. The van der Waals surface area contributed by atoms with Crippen LogP contribution in [0.25, 0.3) is 0 Å². The largest absolute Gasteiger partial charge is 0.478 e. The molecule has 2 rings (SSSR count). The lowest BCUT2D eigenvalue weighted by Crippen LogP contribution is -2.42. The zero-order valence-corrected chi connectivity index (χ0v) is 13.5. The number of nitrogens with one attached hydrogen (secondary N) is 1. The maximum Gasteiger partial charge on any atom is 0.339 e. The molecule has 22 heavy (non-hydrogen) atoms. The molecule has 1 amide bonds. The van der Waals surface area contributed by atoms with E-state index in [2.05, 4.69) is 10.3 Å². The van der Waals surface area contributed by atoms with Crippen molar-refractivity contribution in [2.45, 2.75) is 39.2 Å². The predicted molar refractivity (Wildman–Crippen MR) is 82.3 cm³/mol. The summed E-state index contributed by atoms with van der Waals surface area (Å²) in [6.07, 6.45) is 2.75. The van der Waals surface area contributed by atoms with Crippen molar-refractivity contribution in [3.05, 3.63) is 39.7 Å². The van der Waals surface area contributed by atoms with Gasteiger partial charge in [-0.1, -0.05) is 13.8 Å². The van der Waals surface area contributed by atoms with E-state index in [9.17, 15) is 9.59 Å². The first-order valence-electron chi connectivity index (χ1n) is 6.99. The van der Waals surface area contributed by atoms with Crippen molar-refractivity contribution in [2.24, 2.45) is 0 Å². The van der Waals surface area contributed by atoms with E-state index in [1.54, 1.807) is 13.1 Å². The summed E-state index contributed by atoms with van der Waals surface area (Å²) >= 11 is 1.46. The van der Waals surface area contributed by atoms with Crippen LogP contribution >= 0.6 is 11.3 Å². The average molecular weight is 322 g/mol. The van der Waals surface area contributed by atoms with Gasteiger partial charge in [0.2, 0.25) is 0 Å². The van der Waals surface area contributed by atoms with E-state index in [0.29, 0.717) is 18.6 Å². The molecule has 0 aliphatic rings. The maximum absolute atomic E-state index is 12.4. The first kappa shape index (κ1) is 16.2. The quantitative estimate of drug-likeness (QED) is 0.852. The number of rotatable bonds is 6. The Hall–Kier alpha value is -2.15. The monoisotopic (exact) mass is 322 g/mol. The number of aryl methyl sites for hydroxylation is 1. The van der Waals surface area contributed by atoms with Gasteiger partial charge < -0.3 is 14.8 Å². The Labute approximate surface area is 132 Å². The van der Waals surface area contributed by atoms with E-state index in [1.807, 2.05) is 19.2 Å². The topological polar surface area (TPSA) is 92.4 Å². The van der Waals surface area contributed by atoms with Crippen LogP contribution in [0, 0.1) is 0 Å². The second kappa shape index (κ2) is 6.31. The molecule has 2 aromatic heterocycles. The SMILES string of the molecule is CCc1oc(C(=O)NC(C)(CC)c2nccs2)cc1C(=O)O. The Morgan fingerprint density at radius 1 is 1.45 bits per heavy atom. The third-order valence-corrected chi connectivity index (χ3v) is 4.62. The minimum absolute atomic E-state index is 0.00508. The number of carbonyl (C=O) groups excluding carboxylic acids is 1. The molecule has 0 aromatic carbocycles. The summed E-state index contributed by atoms with van der Waals surface area (Å²) in [5.41, 5.74) is -0.589. The molecule has 0 aliphatic heterocycles. The van der Waals surface area contributed by atoms with Gasteiger partial charge in [-0.3, -0.25) is 4.79 Å². The summed E-state index contributed by atoms with van der Waals surface area (Å²) < 4.78 is 5.38. The number of carboxylic acid groups (broad SMARTS) is 1. The van der Waals surface area contributed by atoms with Gasteiger partial charge in [0.05, 0.1) is 5.54 Å². The van der Waals surface area contributed by atoms with Gasteiger partial charge in [-0.25, -0.2) is 9.78 Å². The summed E-state index contributed by atoms with van der Waals surface area (Å²) in [6, 6.07) is 1.27. The number of hydrogen-bond acceptors (Lipinski definition) is 5. The average Bonchev–Trinajstić information content (AvgIpc) is 3.16. The molecule has 0 radical (unpaired) electrons. The van der Waals surface area contributed by atoms with Crippen molar-refractivity contribution in [3.8, 4) is 0 Å². The number of hydrogen-bond donors (Lipinski definition) is 2. The first-order valence-corrected chi connectivity index (χ1v) is 7.87. The molecule has 2 aromatic rings. The van der Waals surface area contributed by atoms with Crippen LogP contribution in [0.15, 0.2) is 22.1 Å². The zero-order valence-electron chi connectivity index (χ0n) is 12.7. The molecule has 0 saturated carbocycles. The molecule has 1 unspecified atom stereocenters. The molecule has 118 valence electrons. The molecule has 6 nitrogen and oxygen atoms in total. The number of carboxylic acids is 1. The molecular formula is C15H18N2O4S. The zero-order chi connectivity index (χ0) is 16.3. The lowest BCUT2D eigenvalue weighted by atomic mass is 9.99. The molecular weight excluding hydrogens is 304 g/mol. The van der Waals surface area contributed by atoms with Crippen LogP contribution in [0.1, 0.15) is 58.9 Å². The van der Waals surface area contributed by atoms with Crippen LogP contribution in [0.5, 0.6) is 0 Å². The Balaban J connectivity index is 2.27. The number of carbonyl (C=O) groups is 2. The molecule has 0 aliphatic carbocycles. The van der Waals surface area contributed by atoms with Gasteiger partial charge in [-0.15, -0.1) is 11.3 Å². The van der Waals surface area contributed by atoms with Crippen molar-refractivity contribution in [1.82, 2.24) is 10.3 Å². The Bertz CT molecular complexity index is 678. The smallest absolute Gasteiger partial charge is 0.339 e. The van der Waals surface area contributed by atoms with Crippen molar-refractivity contribution < 1.29 is 19.1 Å². The lowest BCUT2D eigenvalue weighted by molar-refractivity contribution is 0.0694. The number of aromatic carboxylic acids is 1. The highest BCUT2D eigenvalue weighted by molar-refractivity contribution is 7.09. The maximum atomic E-state index is 12.4. The molecule has 7 heteroatoms. The fraction of sp³-hybridized carbons (Fsp3) is 0.400. The van der Waals surface area contributed by atoms with E-state index in [-0.39, 0.29) is 11.3 Å². The standard InChI is InChI=1S/C15H18N2O4S/c1-4-10-9(13(19)20)8-11(21-10)12(18)17-15(3,5-2)14-16-6-7-22-14/h6-8H,4-5H2,1-3H3,(H,17,18)(H,19,20). The Kier molecular flexibility index (Phi) is 4.65. The summed E-state index contributed by atoms with van der Waals surface area (Å²) in [5.74, 6) is -1.24. The van der Waals surface area contributed by atoms with E-state index in [4.69, 9.17) is 9.52 Å². The van der Waals surface area contributed by atoms with E-state index in [1.165, 1.54) is 17.4 Å². The summed E-state index contributed by atoms with van der Waals surface area (Å²) in [5, 5.41) is 14.7. The van der Waals surface area contributed by atoms with Crippen LogP contribution < -0.4 is 5.32 Å². The number of thiazole rings is 1. The van der Waals surface area contributed by atoms with Crippen molar-refractivity contribution in [3.63, 3.8) is 0 Å². The van der Waals surface area contributed by atoms with Crippen LogP contribution in [0.2, 0.25) is 0 Å². The van der Waals surface area contributed by atoms with Gasteiger partial charge in [0.15, 0.2) is 5.76 Å². The van der Waals surface area contributed by atoms with Crippen LogP contribution in [-0.4, -0.2) is 22.0 Å². The Morgan fingerprint density at radius 3 is 2.64 bits per heavy atom. The van der Waals surface area contributed by atoms with Crippen molar-refractivity contribution in [1.29, 1.82) is 0 Å². The van der Waals surface area contributed by atoms with Gasteiger partial charge in [0.1, 0.15) is 16.3 Å². The normalized spacial score (nSPS) is 13.6. The van der Waals surface area contributed by atoms with Gasteiger partial charge in [-0.05, 0) is 13.3 Å². The van der Waals surface area contributed by atoms with Crippen molar-refractivity contribution in [2.75, 3.05) is 0 Å². The van der Waals surface area contributed by atoms with Gasteiger partial charge >= 0.3 is 5.97 Å². The number of aromatic nitrogens is 1. The first-order chi connectivity index (χ1) is 10.4. The van der Waals surface area contributed by atoms with E-state index >= 15 is 0 Å². The summed E-state index contributed by atoms with van der Waals surface area (Å²) in [6.45, 7) is 5.61.